The summed E-state index contributed by atoms with van der Waals surface area (Å²) in [7, 11) is 0. The van der Waals surface area contributed by atoms with Crippen LogP contribution in [0, 0.1) is 5.92 Å². The summed E-state index contributed by atoms with van der Waals surface area (Å²) in [5.74, 6) is -1.76. The molecular formula is C12H13BrClNO3. The Balaban J connectivity index is 2.91. The Morgan fingerprint density at radius 3 is 2.44 bits per heavy atom. The van der Waals surface area contributed by atoms with Gasteiger partial charge in [-0.15, -0.1) is 0 Å². The minimum absolute atomic E-state index is 0.208. The summed E-state index contributed by atoms with van der Waals surface area (Å²) < 4.78 is 0.752. The Bertz CT molecular complexity index is 476. The van der Waals surface area contributed by atoms with Crippen LogP contribution in [-0.2, 0) is 4.79 Å². The first-order valence-corrected chi connectivity index (χ1v) is 6.48. The van der Waals surface area contributed by atoms with Crippen molar-refractivity contribution in [3.63, 3.8) is 0 Å². The van der Waals surface area contributed by atoms with Crippen LogP contribution in [0.2, 0.25) is 5.02 Å². The fourth-order valence-electron chi connectivity index (χ4n) is 1.41. The van der Waals surface area contributed by atoms with Crippen molar-refractivity contribution in [3.8, 4) is 0 Å². The summed E-state index contributed by atoms with van der Waals surface area (Å²) >= 11 is 9.16. The van der Waals surface area contributed by atoms with E-state index < -0.39 is 17.9 Å². The van der Waals surface area contributed by atoms with Crippen LogP contribution in [-0.4, -0.2) is 23.0 Å². The number of carbonyl (C=O) groups is 2. The third-order valence-electron chi connectivity index (χ3n) is 2.40. The Kier molecular flexibility index (Phi) is 5.16. The maximum Gasteiger partial charge on any atom is 0.326 e. The standard InChI is InChI=1S/C12H13BrClNO3/c1-6(2)10(12(17)18)15-11(16)8-4-3-7(13)5-9(8)14/h3-6,10H,1-2H3,(H,15,16)(H,17,18). The van der Waals surface area contributed by atoms with Gasteiger partial charge in [0.05, 0.1) is 10.6 Å². The number of nitrogens with one attached hydrogen (secondary N) is 1. The van der Waals surface area contributed by atoms with Gasteiger partial charge < -0.3 is 10.4 Å². The zero-order valence-electron chi connectivity index (χ0n) is 9.91. The van der Waals surface area contributed by atoms with Crippen LogP contribution in [0.4, 0.5) is 0 Å². The van der Waals surface area contributed by atoms with E-state index in [9.17, 15) is 9.59 Å². The van der Waals surface area contributed by atoms with Crippen molar-refractivity contribution in [3.05, 3.63) is 33.3 Å². The van der Waals surface area contributed by atoms with Crippen molar-refractivity contribution in [2.24, 2.45) is 5.92 Å². The van der Waals surface area contributed by atoms with Gasteiger partial charge in [0.1, 0.15) is 6.04 Å². The fraction of sp³-hybridized carbons (Fsp3) is 0.333. The Hall–Kier alpha value is -1.07. The fourth-order valence-corrected chi connectivity index (χ4v) is 2.17. The van der Waals surface area contributed by atoms with Crippen LogP contribution in [0.5, 0.6) is 0 Å². The molecule has 1 atom stereocenters. The van der Waals surface area contributed by atoms with Crippen molar-refractivity contribution >= 4 is 39.4 Å². The molecule has 0 bridgehead atoms. The lowest BCUT2D eigenvalue weighted by molar-refractivity contribution is -0.140. The van der Waals surface area contributed by atoms with E-state index in [2.05, 4.69) is 21.2 Å². The summed E-state index contributed by atoms with van der Waals surface area (Å²) in [5, 5.41) is 11.7. The zero-order valence-corrected chi connectivity index (χ0v) is 12.2. The minimum Gasteiger partial charge on any atom is -0.480 e. The van der Waals surface area contributed by atoms with Crippen LogP contribution in [0.1, 0.15) is 24.2 Å². The first-order chi connectivity index (χ1) is 8.32. The lowest BCUT2D eigenvalue weighted by Gasteiger charge is -2.18. The molecule has 1 rings (SSSR count). The molecule has 2 N–H and O–H groups in total. The number of halogens is 2. The average molecular weight is 335 g/mol. The van der Waals surface area contributed by atoms with Crippen molar-refractivity contribution in [2.75, 3.05) is 0 Å². The number of aliphatic carboxylic acids is 1. The second-order valence-electron chi connectivity index (χ2n) is 4.16. The van der Waals surface area contributed by atoms with E-state index in [-0.39, 0.29) is 16.5 Å². The topological polar surface area (TPSA) is 66.4 Å². The number of rotatable bonds is 4. The molecule has 1 aromatic carbocycles. The molecule has 0 saturated carbocycles. The van der Waals surface area contributed by atoms with E-state index in [0.717, 1.165) is 4.47 Å². The van der Waals surface area contributed by atoms with Gasteiger partial charge >= 0.3 is 5.97 Å². The molecule has 0 spiro atoms. The predicted molar refractivity (Wildman–Crippen MR) is 72.9 cm³/mol. The van der Waals surface area contributed by atoms with E-state index in [0.29, 0.717) is 0 Å². The predicted octanol–water partition coefficient (Wildman–Crippen LogP) is 2.94. The van der Waals surface area contributed by atoms with Crippen LogP contribution >= 0.6 is 27.5 Å². The number of carbonyl (C=O) groups excluding carboxylic acids is 1. The maximum atomic E-state index is 11.9. The highest BCUT2D eigenvalue weighted by Gasteiger charge is 2.24. The van der Waals surface area contributed by atoms with Gasteiger partial charge in [0, 0.05) is 4.47 Å². The number of hydrogen-bond donors (Lipinski definition) is 2. The quantitative estimate of drug-likeness (QED) is 0.889. The molecule has 1 amide bonds. The van der Waals surface area contributed by atoms with E-state index in [1.165, 1.54) is 0 Å². The largest absolute Gasteiger partial charge is 0.480 e. The molecule has 0 aromatic heterocycles. The van der Waals surface area contributed by atoms with Gasteiger partial charge in [0.2, 0.25) is 0 Å². The van der Waals surface area contributed by atoms with Crippen molar-refractivity contribution in [1.82, 2.24) is 5.32 Å². The lowest BCUT2D eigenvalue weighted by Crippen LogP contribution is -2.44. The van der Waals surface area contributed by atoms with Crippen LogP contribution in [0.15, 0.2) is 22.7 Å². The highest BCUT2D eigenvalue weighted by atomic mass is 79.9. The Morgan fingerprint density at radius 2 is 2.00 bits per heavy atom. The molecule has 0 aliphatic carbocycles. The third kappa shape index (κ3) is 3.71. The van der Waals surface area contributed by atoms with Gasteiger partial charge in [-0.25, -0.2) is 4.79 Å². The van der Waals surface area contributed by atoms with E-state index in [1.807, 2.05) is 0 Å². The molecular weight excluding hydrogens is 321 g/mol. The molecule has 98 valence electrons. The van der Waals surface area contributed by atoms with Crippen molar-refractivity contribution in [2.45, 2.75) is 19.9 Å². The van der Waals surface area contributed by atoms with E-state index in [4.69, 9.17) is 16.7 Å². The molecule has 0 heterocycles. The SMILES string of the molecule is CC(C)C(NC(=O)c1ccc(Br)cc1Cl)C(=O)O. The first kappa shape index (κ1) is 15.0. The summed E-state index contributed by atoms with van der Waals surface area (Å²) in [4.78, 5) is 22.9. The number of benzene rings is 1. The van der Waals surface area contributed by atoms with E-state index in [1.54, 1.807) is 32.0 Å². The normalized spacial score (nSPS) is 12.3. The molecule has 1 unspecified atom stereocenters. The van der Waals surface area contributed by atoms with Crippen molar-refractivity contribution in [1.29, 1.82) is 0 Å². The Labute approximate surface area is 118 Å². The summed E-state index contributed by atoms with van der Waals surface area (Å²) in [6.07, 6.45) is 0. The molecule has 18 heavy (non-hydrogen) atoms. The first-order valence-electron chi connectivity index (χ1n) is 5.31. The maximum absolute atomic E-state index is 11.9. The molecule has 0 aliphatic rings. The summed E-state index contributed by atoms with van der Waals surface area (Å²) in [6.45, 7) is 3.45. The Morgan fingerprint density at radius 1 is 1.39 bits per heavy atom. The smallest absolute Gasteiger partial charge is 0.326 e. The van der Waals surface area contributed by atoms with Gasteiger partial charge in [0.25, 0.3) is 5.91 Å². The molecule has 1 aromatic rings. The van der Waals surface area contributed by atoms with Crippen LogP contribution in [0.3, 0.4) is 0 Å². The molecule has 0 saturated heterocycles. The monoisotopic (exact) mass is 333 g/mol. The molecule has 0 radical (unpaired) electrons. The molecule has 4 nitrogen and oxygen atoms in total. The lowest BCUT2D eigenvalue weighted by atomic mass is 10.0. The number of carboxylic acids is 1. The summed E-state index contributed by atoms with van der Waals surface area (Å²) in [5.41, 5.74) is 0.256. The van der Waals surface area contributed by atoms with E-state index >= 15 is 0 Å². The molecule has 6 heteroatoms. The zero-order chi connectivity index (χ0) is 13.9. The second-order valence-corrected chi connectivity index (χ2v) is 5.48. The van der Waals surface area contributed by atoms with Gasteiger partial charge in [0.15, 0.2) is 0 Å². The minimum atomic E-state index is -1.06. The van der Waals surface area contributed by atoms with Crippen LogP contribution in [0.25, 0.3) is 0 Å². The number of amides is 1. The average Bonchev–Trinajstić information content (AvgIpc) is 2.24. The van der Waals surface area contributed by atoms with Crippen molar-refractivity contribution < 1.29 is 14.7 Å². The molecule has 0 fully saturated rings. The van der Waals surface area contributed by atoms with Gasteiger partial charge in [-0.3, -0.25) is 4.79 Å². The third-order valence-corrected chi connectivity index (χ3v) is 3.20. The highest BCUT2D eigenvalue weighted by Crippen LogP contribution is 2.21. The van der Waals surface area contributed by atoms with Gasteiger partial charge in [-0.1, -0.05) is 41.4 Å². The van der Waals surface area contributed by atoms with Crippen LogP contribution < -0.4 is 5.32 Å². The van der Waals surface area contributed by atoms with Gasteiger partial charge in [-0.05, 0) is 24.1 Å². The van der Waals surface area contributed by atoms with Gasteiger partial charge in [-0.2, -0.15) is 0 Å². The second kappa shape index (κ2) is 6.20. The highest BCUT2D eigenvalue weighted by molar-refractivity contribution is 9.10. The summed E-state index contributed by atoms with van der Waals surface area (Å²) in [6, 6.07) is 3.87. The number of hydrogen-bond acceptors (Lipinski definition) is 2. The number of carboxylic acid groups (broad SMARTS) is 1. The molecule has 0 aliphatic heterocycles.